The molecule has 5 rings (SSSR count). The van der Waals surface area contributed by atoms with Gasteiger partial charge in [-0.25, -0.2) is 0 Å². The summed E-state index contributed by atoms with van der Waals surface area (Å²) in [5.41, 5.74) is 2.85. The number of anilines is 2. The summed E-state index contributed by atoms with van der Waals surface area (Å²) in [6.45, 7) is 1.00. The van der Waals surface area contributed by atoms with Crippen molar-refractivity contribution in [2.45, 2.75) is 31.6 Å². The average Bonchev–Trinajstić information content (AvgIpc) is 3.12. The molecule has 5 nitrogen and oxygen atoms in total. The van der Waals surface area contributed by atoms with Crippen molar-refractivity contribution >= 4 is 17.3 Å². The van der Waals surface area contributed by atoms with Crippen molar-refractivity contribution < 1.29 is 40.6 Å². The Morgan fingerprint density at radius 2 is 1.06 bits per heavy atom. The number of hydrogen-bond donors (Lipinski definition) is 1. The van der Waals surface area contributed by atoms with Crippen LogP contribution < -0.4 is 19.7 Å². The first-order valence-electron chi connectivity index (χ1n) is 16.0. The molecule has 51 heavy (non-hydrogen) atoms. The molecule has 0 radical (unpaired) electrons. The molecule has 5 aromatic rings. The quantitative estimate of drug-likeness (QED) is 0.131. The lowest BCUT2D eigenvalue weighted by atomic mass is 10.1. The molecule has 1 amide bonds. The molecule has 0 saturated carbocycles. The monoisotopic (exact) mass is 708 g/mol. The minimum Gasteiger partial charge on any atom is -0.497 e. The maximum atomic E-state index is 13.0. The highest BCUT2D eigenvalue weighted by Crippen LogP contribution is 2.30. The molecule has 0 fully saturated rings. The number of rotatable bonds is 12. The number of nitrogens with one attached hydrogen (secondary N) is 1. The van der Waals surface area contributed by atoms with Crippen molar-refractivity contribution in [2.24, 2.45) is 0 Å². The minimum atomic E-state index is -4.36. The third-order valence-corrected chi connectivity index (χ3v) is 7.90. The van der Waals surface area contributed by atoms with E-state index in [9.17, 15) is 31.1 Å². The lowest BCUT2D eigenvalue weighted by molar-refractivity contribution is -0.138. The number of methoxy groups -OCH3 is 2. The second kappa shape index (κ2) is 18.0. The second-order valence-corrected chi connectivity index (χ2v) is 11.5. The maximum Gasteiger partial charge on any atom is 0.416 e. The van der Waals surface area contributed by atoms with Crippen molar-refractivity contribution in [1.82, 2.24) is 0 Å². The fourth-order valence-corrected chi connectivity index (χ4v) is 5.05. The van der Waals surface area contributed by atoms with Gasteiger partial charge < -0.3 is 19.7 Å². The van der Waals surface area contributed by atoms with E-state index in [-0.39, 0.29) is 12.3 Å². The summed E-state index contributed by atoms with van der Waals surface area (Å²) in [6, 6.07) is 34.4. The summed E-state index contributed by atoms with van der Waals surface area (Å²) in [4.78, 5) is 14.7. The predicted molar refractivity (Wildman–Crippen MR) is 187 cm³/mol. The Kier molecular flexibility index (Phi) is 13.5. The van der Waals surface area contributed by atoms with E-state index in [0.717, 1.165) is 52.4 Å². The van der Waals surface area contributed by atoms with Crippen molar-refractivity contribution in [1.29, 1.82) is 0 Å². The Morgan fingerprint density at radius 3 is 1.53 bits per heavy atom. The van der Waals surface area contributed by atoms with E-state index in [1.807, 2.05) is 54.6 Å². The third-order valence-electron chi connectivity index (χ3n) is 7.90. The molecular formula is C40H38F6N2O3. The molecule has 0 saturated heterocycles. The number of nitrogens with zero attached hydrogens (tertiary/aromatic N) is 1. The van der Waals surface area contributed by atoms with Crippen LogP contribution in [0.25, 0.3) is 0 Å². The van der Waals surface area contributed by atoms with Gasteiger partial charge in [-0.3, -0.25) is 4.79 Å². The second-order valence-electron chi connectivity index (χ2n) is 11.5. The van der Waals surface area contributed by atoms with Crippen LogP contribution in [0.1, 0.15) is 27.8 Å². The van der Waals surface area contributed by atoms with E-state index in [4.69, 9.17) is 9.47 Å². The van der Waals surface area contributed by atoms with E-state index >= 15 is 0 Å². The average molecular weight is 709 g/mol. The number of benzene rings is 5. The zero-order chi connectivity index (χ0) is 36.9. The van der Waals surface area contributed by atoms with Gasteiger partial charge in [0.2, 0.25) is 5.91 Å². The first-order chi connectivity index (χ1) is 24.4. The normalized spacial score (nSPS) is 11.2. The van der Waals surface area contributed by atoms with E-state index in [0.29, 0.717) is 37.4 Å². The van der Waals surface area contributed by atoms with E-state index < -0.39 is 23.5 Å². The molecule has 11 heteroatoms. The number of carbonyl (C=O) groups is 1. The van der Waals surface area contributed by atoms with Gasteiger partial charge in [0.1, 0.15) is 11.5 Å². The topological polar surface area (TPSA) is 50.8 Å². The molecule has 0 aromatic heterocycles. The van der Waals surface area contributed by atoms with Crippen molar-refractivity contribution in [3.05, 3.63) is 155 Å². The lowest BCUT2D eigenvalue weighted by Gasteiger charge is -2.23. The summed E-state index contributed by atoms with van der Waals surface area (Å²) in [5, 5.41) is 3.21. The zero-order valence-electron chi connectivity index (χ0n) is 28.1. The Hall–Kier alpha value is -5.45. The fourth-order valence-electron chi connectivity index (χ4n) is 5.05. The van der Waals surface area contributed by atoms with Gasteiger partial charge in [-0.05, 0) is 102 Å². The van der Waals surface area contributed by atoms with Gasteiger partial charge in [0.25, 0.3) is 0 Å². The minimum absolute atomic E-state index is 0.0849. The predicted octanol–water partition coefficient (Wildman–Crippen LogP) is 9.90. The molecule has 0 spiro atoms. The van der Waals surface area contributed by atoms with Crippen LogP contribution in [0.3, 0.4) is 0 Å². The van der Waals surface area contributed by atoms with Gasteiger partial charge in [-0.2, -0.15) is 26.3 Å². The van der Waals surface area contributed by atoms with Gasteiger partial charge in [0.15, 0.2) is 0 Å². The number of halogens is 6. The molecular weight excluding hydrogens is 670 g/mol. The Labute approximate surface area is 293 Å². The Bertz CT molecular complexity index is 1780. The lowest BCUT2D eigenvalue weighted by Crippen LogP contribution is -2.34. The SMILES string of the molecule is COc1ccc(N(CCc2ccc(C(F)(F)F)cc2)C(=O)Cc2ccccc2)cc1.COc1ccc(NCCc2ccc(C(F)(F)F)cc2)cc1. The molecule has 0 aliphatic rings. The van der Waals surface area contributed by atoms with Gasteiger partial charge in [0.05, 0.1) is 31.8 Å². The van der Waals surface area contributed by atoms with Crippen LogP contribution in [0.5, 0.6) is 11.5 Å². The highest BCUT2D eigenvalue weighted by molar-refractivity contribution is 5.94. The van der Waals surface area contributed by atoms with Crippen LogP contribution in [0.15, 0.2) is 127 Å². The number of ether oxygens (including phenoxy) is 2. The van der Waals surface area contributed by atoms with Crippen LogP contribution in [0, 0.1) is 0 Å². The van der Waals surface area contributed by atoms with Crippen LogP contribution in [-0.4, -0.2) is 33.2 Å². The molecule has 1 N–H and O–H groups in total. The summed E-state index contributed by atoms with van der Waals surface area (Å²) in [6.07, 6.45) is -7.31. The molecule has 5 aromatic carbocycles. The number of alkyl halides is 6. The van der Waals surface area contributed by atoms with Gasteiger partial charge in [-0.15, -0.1) is 0 Å². The first kappa shape index (κ1) is 38.4. The van der Waals surface area contributed by atoms with Gasteiger partial charge >= 0.3 is 12.4 Å². The molecule has 0 atom stereocenters. The standard InChI is InChI=1S/C24H22F3NO2.C16H16F3NO/c1-30-22-13-11-21(12-14-22)28(23(29)17-19-5-3-2-4-6-19)16-15-18-7-9-20(10-8-18)24(25,26)27;1-21-15-8-6-14(7-9-15)20-11-10-12-2-4-13(5-3-12)16(17,18)19/h2-14H,15-17H2,1H3;2-9,20H,10-11H2,1H3. The molecule has 0 heterocycles. The van der Waals surface area contributed by atoms with Crippen LogP contribution in [0.4, 0.5) is 37.7 Å². The molecule has 0 bridgehead atoms. The fraction of sp³-hybridized carbons (Fsp3) is 0.225. The summed E-state index contributed by atoms with van der Waals surface area (Å²) < 4.78 is 85.8. The molecule has 0 unspecified atom stereocenters. The smallest absolute Gasteiger partial charge is 0.416 e. The summed E-state index contributed by atoms with van der Waals surface area (Å²) in [5.74, 6) is 1.37. The van der Waals surface area contributed by atoms with Crippen molar-refractivity contribution in [3.63, 3.8) is 0 Å². The summed E-state index contributed by atoms with van der Waals surface area (Å²) >= 11 is 0. The number of amides is 1. The Balaban J connectivity index is 0.000000244. The van der Waals surface area contributed by atoms with Crippen LogP contribution in [0.2, 0.25) is 0 Å². The first-order valence-corrected chi connectivity index (χ1v) is 16.0. The maximum absolute atomic E-state index is 13.0. The van der Waals surface area contributed by atoms with Crippen LogP contribution >= 0.6 is 0 Å². The zero-order valence-corrected chi connectivity index (χ0v) is 28.1. The number of hydrogen-bond acceptors (Lipinski definition) is 4. The van der Waals surface area contributed by atoms with E-state index in [2.05, 4.69) is 5.32 Å². The molecule has 268 valence electrons. The highest BCUT2D eigenvalue weighted by atomic mass is 19.4. The van der Waals surface area contributed by atoms with Crippen molar-refractivity contribution in [3.8, 4) is 11.5 Å². The van der Waals surface area contributed by atoms with E-state index in [1.165, 1.54) is 24.3 Å². The highest BCUT2D eigenvalue weighted by Gasteiger charge is 2.30. The molecule has 0 aliphatic heterocycles. The van der Waals surface area contributed by atoms with Crippen LogP contribution in [-0.2, 0) is 36.4 Å². The van der Waals surface area contributed by atoms with E-state index in [1.54, 1.807) is 43.4 Å². The summed E-state index contributed by atoms with van der Waals surface area (Å²) in [7, 11) is 3.17. The van der Waals surface area contributed by atoms with Crippen molar-refractivity contribution in [2.75, 3.05) is 37.5 Å². The van der Waals surface area contributed by atoms with Gasteiger partial charge in [-0.1, -0.05) is 54.6 Å². The molecule has 0 aliphatic carbocycles. The third kappa shape index (κ3) is 12.1. The Morgan fingerprint density at radius 1 is 0.588 bits per heavy atom. The van der Waals surface area contributed by atoms with Gasteiger partial charge in [0, 0.05) is 24.5 Å². The number of carbonyl (C=O) groups excluding carboxylic acids is 1. The largest absolute Gasteiger partial charge is 0.497 e.